The molecule has 0 aliphatic heterocycles. The number of fused-ring (bicyclic) bond motifs is 1. The second-order valence-electron chi connectivity index (χ2n) is 5.91. The van der Waals surface area contributed by atoms with E-state index in [9.17, 15) is 19.1 Å². The number of carboxylic acids is 1. The van der Waals surface area contributed by atoms with Crippen LogP contribution in [0.15, 0.2) is 42.6 Å². The summed E-state index contributed by atoms with van der Waals surface area (Å²) in [6, 6.07) is 9.09. The predicted molar refractivity (Wildman–Crippen MR) is 94.5 cm³/mol. The first-order valence-electron chi connectivity index (χ1n) is 7.89. The van der Waals surface area contributed by atoms with Gasteiger partial charge in [0.2, 0.25) is 0 Å². The number of benzene rings is 2. The molecular weight excluding hydrogens is 337 g/mol. The van der Waals surface area contributed by atoms with Gasteiger partial charge in [-0.15, -0.1) is 0 Å². The summed E-state index contributed by atoms with van der Waals surface area (Å²) in [5.74, 6) is -1.52. The van der Waals surface area contributed by atoms with Gasteiger partial charge in [-0.2, -0.15) is 0 Å². The second-order valence-corrected chi connectivity index (χ2v) is 5.91. The van der Waals surface area contributed by atoms with Crippen LogP contribution in [0.25, 0.3) is 10.9 Å². The molecule has 0 aliphatic carbocycles. The Kier molecular flexibility index (Phi) is 4.67. The van der Waals surface area contributed by atoms with E-state index in [4.69, 9.17) is 4.74 Å². The molecule has 0 bridgehead atoms. The highest BCUT2D eigenvalue weighted by atomic mass is 19.1. The number of hydrogen-bond acceptors (Lipinski definition) is 4. The average molecular weight is 353 g/mol. The van der Waals surface area contributed by atoms with Gasteiger partial charge in [-0.05, 0) is 48.7 Å². The molecule has 3 rings (SSSR count). The molecule has 132 valence electrons. The highest BCUT2D eigenvalue weighted by Crippen LogP contribution is 2.32. The summed E-state index contributed by atoms with van der Waals surface area (Å²) in [6.07, 6.45) is 2.07. The Morgan fingerprint density at radius 3 is 2.38 bits per heavy atom. The van der Waals surface area contributed by atoms with Crippen LogP contribution in [0.5, 0.6) is 5.75 Å². The molecule has 2 aromatic carbocycles. The summed E-state index contributed by atoms with van der Waals surface area (Å²) in [6.45, 7) is 1.35. The number of aromatic nitrogens is 1. The maximum absolute atomic E-state index is 13.0. The number of carbonyl (C=O) groups is 2. The Morgan fingerprint density at radius 2 is 1.81 bits per heavy atom. The molecule has 0 radical (unpaired) electrons. The Bertz CT molecular complexity index is 1010. The average Bonchev–Trinajstić information content (AvgIpc) is 2.61. The number of pyridine rings is 1. The predicted octanol–water partition coefficient (Wildman–Crippen LogP) is 3.87. The molecule has 0 amide bonds. The van der Waals surface area contributed by atoms with Crippen LogP contribution in [0, 0.1) is 5.82 Å². The normalized spacial score (nSPS) is 10.7. The fraction of sp³-hybridized carbons (Fsp3) is 0.150. The van der Waals surface area contributed by atoms with Crippen LogP contribution in [0.1, 0.15) is 38.8 Å². The molecule has 0 saturated heterocycles. The van der Waals surface area contributed by atoms with Gasteiger partial charge >= 0.3 is 5.97 Å². The van der Waals surface area contributed by atoms with Crippen molar-refractivity contribution in [2.45, 2.75) is 13.3 Å². The van der Waals surface area contributed by atoms with E-state index in [2.05, 4.69) is 4.98 Å². The van der Waals surface area contributed by atoms with Crippen molar-refractivity contribution < 1.29 is 23.8 Å². The first kappa shape index (κ1) is 17.5. The van der Waals surface area contributed by atoms with Gasteiger partial charge in [0.15, 0.2) is 11.5 Å². The van der Waals surface area contributed by atoms with Gasteiger partial charge in [-0.1, -0.05) is 12.1 Å². The van der Waals surface area contributed by atoms with Crippen LogP contribution >= 0.6 is 0 Å². The van der Waals surface area contributed by atoms with Gasteiger partial charge in [0.05, 0.1) is 18.2 Å². The highest BCUT2D eigenvalue weighted by Gasteiger charge is 2.20. The number of hydrogen-bond donors (Lipinski definition) is 1. The molecule has 1 aromatic heterocycles. The zero-order chi connectivity index (χ0) is 18.8. The molecule has 0 spiro atoms. The number of ketones is 1. The van der Waals surface area contributed by atoms with E-state index in [0.717, 1.165) is 11.1 Å². The zero-order valence-corrected chi connectivity index (χ0v) is 14.2. The number of carbonyl (C=O) groups excluding carboxylic acids is 1. The maximum Gasteiger partial charge on any atom is 0.336 e. The Hall–Kier alpha value is -3.28. The van der Waals surface area contributed by atoms with Gasteiger partial charge in [0.25, 0.3) is 0 Å². The molecule has 1 heterocycles. The number of rotatable bonds is 5. The van der Waals surface area contributed by atoms with Gasteiger partial charge in [0, 0.05) is 11.6 Å². The van der Waals surface area contributed by atoms with Crippen LogP contribution in [0.3, 0.4) is 0 Å². The van der Waals surface area contributed by atoms with Crippen LogP contribution < -0.4 is 4.74 Å². The lowest BCUT2D eigenvalue weighted by Gasteiger charge is -2.13. The summed E-state index contributed by atoms with van der Waals surface area (Å²) < 4.78 is 18.4. The van der Waals surface area contributed by atoms with Gasteiger partial charge in [0.1, 0.15) is 11.3 Å². The van der Waals surface area contributed by atoms with Crippen LogP contribution in [0.4, 0.5) is 4.39 Å². The summed E-state index contributed by atoms with van der Waals surface area (Å²) in [4.78, 5) is 27.9. The molecule has 0 saturated carbocycles. The molecule has 1 N–H and O–H groups in total. The lowest BCUT2D eigenvalue weighted by Crippen LogP contribution is -2.06. The van der Waals surface area contributed by atoms with Crippen LogP contribution in [-0.4, -0.2) is 29.0 Å². The molecule has 6 heteroatoms. The van der Waals surface area contributed by atoms with Gasteiger partial charge in [-0.3, -0.25) is 9.78 Å². The fourth-order valence-corrected chi connectivity index (χ4v) is 2.89. The zero-order valence-electron chi connectivity index (χ0n) is 14.2. The standard InChI is InChI=1S/C20H16FNO4/c1-11(23)15-9-17(20(24)25)16-8-13(10-22-18(16)19(15)26-2)7-12-3-5-14(21)6-4-12/h3-6,8-10H,7H2,1-2H3,(H,24,25). The number of carboxylic acid groups (broad SMARTS) is 1. The Balaban J connectivity index is 2.17. The maximum atomic E-state index is 13.0. The van der Waals surface area contributed by atoms with Crippen molar-refractivity contribution in [1.29, 1.82) is 0 Å². The lowest BCUT2D eigenvalue weighted by molar-refractivity contribution is 0.0699. The smallest absolute Gasteiger partial charge is 0.336 e. The first-order chi connectivity index (χ1) is 12.4. The molecule has 0 aliphatic rings. The molecule has 5 nitrogen and oxygen atoms in total. The number of aromatic carboxylic acids is 1. The van der Waals surface area contributed by atoms with Gasteiger partial charge < -0.3 is 9.84 Å². The van der Waals surface area contributed by atoms with Crippen molar-refractivity contribution in [2.75, 3.05) is 7.11 Å². The first-order valence-corrected chi connectivity index (χ1v) is 7.89. The fourth-order valence-electron chi connectivity index (χ4n) is 2.89. The van der Waals surface area contributed by atoms with E-state index in [1.165, 1.54) is 32.2 Å². The van der Waals surface area contributed by atoms with Crippen molar-refractivity contribution in [2.24, 2.45) is 0 Å². The highest BCUT2D eigenvalue weighted by molar-refractivity contribution is 6.10. The summed E-state index contributed by atoms with van der Waals surface area (Å²) in [7, 11) is 1.41. The summed E-state index contributed by atoms with van der Waals surface area (Å²) in [5.41, 5.74) is 2.12. The van der Waals surface area contributed by atoms with E-state index < -0.39 is 5.97 Å². The van der Waals surface area contributed by atoms with E-state index in [-0.39, 0.29) is 28.5 Å². The van der Waals surface area contributed by atoms with Crippen molar-refractivity contribution in [1.82, 2.24) is 4.98 Å². The monoisotopic (exact) mass is 353 g/mol. The molecule has 0 atom stereocenters. The van der Waals surface area contributed by atoms with Crippen LogP contribution in [0.2, 0.25) is 0 Å². The van der Waals surface area contributed by atoms with E-state index in [1.54, 1.807) is 24.4 Å². The molecular formula is C20H16FNO4. The summed E-state index contributed by atoms with van der Waals surface area (Å²) in [5, 5.41) is 9.93. The quantitative estimate of drug-likeness (QED) is 0.705. The molecule has 0 unspecified atom stereocenters. The second kappa shape index (κ2) is 6.92. The number of methoxy groups -OCH3 is 1. The molecule has 3 aromatic rings. The number of Topliss-reactive ketones (excluding diaryl/α,β-unsaturated/α-hetero) is 1. The SMILES string of the molecule is COc1c(C(C)=O)cc(C(=O)O)c2cc(Cc3ccc(F)cc3)cnc12. The van der Waals surface area contributed by atoms with Gasteiger partial charge in [-0.25, -0.2) is 9.18 Å². The lowest BCUT2D eigenvalue weighted by atomic mass is 9.98. The third-order valence-electron chi connectivity index (χ3n) is 4.12. The number of ether oxygens (including phenoxy) is 1. The van der Waals surface area contributed by atoms with Crippen molar-refractivity contribution in [3.63, 3.8) is 0 Å². The Labute approximate surface area is 149 Å². The molecule has 0 fully saturated rings. The number of nitrogens with zero attached hydrogens (tertiary/aromatic N) is 1. The third kappa shape index (κ3) is 3.26. The molecule has 26 heavy (non-hydrogen) atoms. The topological polar surface area (TPSA) is 76.5 Å². The van der Waals surface area contributed by atoms with E-state index in [0.29, 0.717) is 17.3 Å². The third-order valence-corrected chi connectivity index (χ3v) is 4.12. The number of halogens is 1. The van der Waals surface area contributed by atoms with Crippen molar-refractivity contribution in [3.8, 4) is 5.75 Å². The summed E-state index contributed by atoms with van der Waals surface area (Å²) >= 11 is 0. The van der Waals surface area contributed by atoms with E-state index in [1.807, 2.05) is 0 Å². The minimum atomic E-state index is -1.15. The van der Waals surface area contributed by atoms with Crippen molar-refractivity contribution >= 4 is 22.7 Å². The van der Waals surface area contributed by atoms with E-state index >= 15 is 0 Å². The Morgan fingerprint density at radius 1 is 1.12 bits per heavy atom. The minimum absolute atomic E-state index is 0.0144. The minimum Gasteiger partial charge on any atom is -0.494 e. The van der Waals surface area contributed by atoms with Crippen LogP contribution in [-0.2, 0) is 6.42 Å². The van der Waals surface area contributed by atoms with Crippen molar-refractivity contribution in [3.05, 3.63) is 70.7 Å². The largest absolute Gasteiger partial charge is 0.494 e.